The van der Waals surface area contributed by atoms with E-state index in [2.05, 4.69) is 11.2 Å². The topological polar surface area (TPSA) is 38.3 Å². The summed E-state index contributed by atoms with van der Waals surface area (Å²) in [5.41, 5.74) is 1.52. The van der Waals surface area contributed by atoms with E-state index in [0.29, 0.717) is 6.42 Å². The van der Waals surface area contributed by atoms with Crippen LogP contribution in [0.1, 0.15) is 31.2 Å². The van der Waals surface area contributed by atoms with Gasteiger partial charge in [0.15, 0.2) is 0 Å². The Labute approximate surface area is 108 Å². The summed E-state index contributed by atoms with van der Waals surface area (Å²) in [7, 11) is 0. The first-order chi connectivity index (χ1) is 8.78. The van der Waals surface area contributed by atoms with Gasteiger partial charge in [-0.15, -0.1) is 6.42 Å². The number of hydrogen-bond donors (Lipinski definition) is 1. The van der Waals surface area contributed by atoms with E-state index in [-0.39, 0.29) is 12.0 Å². The van der Waals surface area contributed by atoms with Gasteiger partial charge in [0.2, 0.25) is 5.91 Å². The second-order valence-corrected chi connectivity index (χ2v) is 4.45. The molecule has 1 aliphatic heterocycles. The fourth-order valence-electron chi connectivity index (χ4n) is 2.07. The summed E-state index contributed by atoms with van der Waals surface area (Å²) in [5.74, 6) is 2.56. The van der Waals surface area contributed by atoms with Crippen molar-refractivity contribution in [1.29, 1.82) is 0 Å². The number of nitrogens with one attached hydrogen (secondary N) is 1. The summed E-state index contributed by atoms with van der Waals surface area (Å²) in [4.78, 5) is 11.8. The average molecular weight is 243 g/mol. The van der Waals surface area contributed by atoms with E-state index < -0.39 is 0 Å². The maximum Gasteiger partial charge on any atom is 0.224 e. The Hall–Kier alpha value is -1.79. The molecule has 1 saturated heterocycles. The molecule has 3 nitrogen and oxygen atoms in total. The zero-order valence-electron chi connectivity index (χ0n) is 10.3. The highest BCUT2D eigenvalue weighted by Crippen LogP contribution is 2.17. The number of carbonyl (C=O) groups excluding carboxylic acids is 1. The smallest absolute Gasteiger partial charge is 0.224 e. The van der Waals surface area contributed by atoms with Crippen molar-refractivity contribution in [3.63, 3.8) is 0 Å². The summed E-state index contributed by atoms with van der Waals surface area (Å²) in [6, 6.07) is 7.31. The van der Waals surface area contributed by atoms with E-state index in [1.165, 1.54) is 0 Å². The van der Waals surface area contributed by atoms with E-state index in [9.17, 15) is 4.79 Å². The largest absolute Gasteiger partial charge is 0.378 e. The van der Waals surface area contributed by atoms with Crippen LogP contribution in [0, 0.1) is 12.3 Å². The number of anilines is 1. The minimum atomic E-state index is 0.0136. The van der Waals surface area contributed by atoms with Crippen LogP contribution in [0.25, 0.3) is 0 Å². The monoisotopic (exact) mass is 243 g/mol. The quantitative estimate of drug-likeness (QED) is 0.825. The summed E-state index contributed by atoms with van der Waals surface area (Å²) in [5, 5.41) is 2.85. The predicted molar refractivity (Wildman–Crippen MR) is 71.2 cm³/mol. The molecule has 1 unspecified atom stereocenters. The lowest BCUT2D eigenvalue weighted by Crippen LogP contribution is -2.15. The molecule has 1 aliphatic rings. The SMILES string of the molecule is C#Cc1cccc(NC(=O)CCC2CCCO2)c1. The lowest BCUT2D eigenvalue weighted by Gasteiger charge is -2.09. The van der Waals surface area contributed by atoms with Gasteiger partial charge in [-0.25, -0.2) is 0 Å². The molecule has 1 amide bonds. The van der Waals surface area contributed by atoms with Crippen molar-refractivity contribution in [3.8, 4) is 12.3 Å². The van der Waals surface area contributed by atoms with Crippen LogP contribution in [0.4, 0.5) is 5.69 Å². The third-order valence-electron chi connectivity index (χ3n) is 3.03. The molecule has 0 radical (unpaired) electrons. The van der Waals surface area contributed by atoms with E-state index in [1.807, 2.05) is 18.2 Å². The number of hydrogen-bond acceptors (Lipinski definition) is 2. The van der Waals surface area contributed by atoms with Crippen LogP contribution < -0.4 is 5.32 Å². The number of rotatable bonds is 4. The van der Waals surface area contributed by atoms with Crippen molar-refractivity contribution in [2.24, 2.45) is 0 Å². The number of carbonyl (C=O) groups is 1. The number of ether oxygens (including phenoxy) is 1. The number of amides is 1. The Balaban J connectivity index is 1.81. The van der Waals surface area contributed by atoms with Gasteiger partial charge in [-0.3, -0.25) is 4.79 Å². The summed E-state index contributed by atoms with van der Waals surface area (Å²) in [6.07, 6.45) is 9.03. The Bertz CT molecular complexity index is 456. The Morgan fingerprint density at radius 3 is 3.17 bits per heavy atom. The van der Waals surface area contributed by atoms with Gasteiger partial charge in [0, 0.05) is 24.3 Å². The first-order valence-corrected chi connectivity index (χ1v) is 6.26. The molecule has 0 bridgehead atoms. The molecular formula is C15H17NO2. The standard InChI is InChI=1S/C15H17NO2/c1-2-12-5-3-6-13(11-12)16-15(17)9-8-14-7-4-10-18-14/h1,3,5-6,11,14H,4,7-10H2,(H,16,17). The van der Waals surface area contributed by atoms with Gasteiger partial charge < -0.3 is 10.1 Å². The van der Waals surface area contributed by atoms with Gasteiger partial charge in [0.05, 0.1) is 6.10 Å². The van der Waals surface area contributed by atoms with E-state index in [0.717, 1.165) is 37.1 Å². The Morgan fingerprint density at radius 2 is 2.44 bits per heavy atom. The summed E-state index contributed by atoms with van der Waals surface area (Å²) in [6.45, 7) is 0.830. The molecule has 18 heavy (non-hydrogen) atoms. The van der Waals surface area contributed by atoms with Crippen LogP contribution in [0.2, 0.25) is 0 Å². The molecule has 0 saturated carbocycles. The molecule has 94 valence electrons. The molecule has 1 N–H and O–H groups in total. The highest BCUT2D eigenvalue weighted by atomic mass is 16.5. The number of terminal acetylenes is 1. The van der Waals surface area contributed by atoms with Crippen molar-refractivity contribution < 1.29 is 9.53 Å². The van der Waals surface area contributed by atoms with Crippen molar-refractivity contribution in [1.82, 2.24) is 0 Å². The minimum absolute atomic E-state index is 0.0136. The van der Waals surface area contributed by atoms with Crippen LogP contribution in [-0.2, 0) is 9.53 Å². The first kappa shape index (κ1) is 12.7. The Kier molecular flexibility index (Phi) is 4.38. The fraction of sp³-hybridized carbons (Fsp3) is 0.400. The highest BCUT2D eigenvalue weighted by Gasteiger charge is 2.16. The predicted octanol–water partition coefficient (Wildman–Crippen LogP) is 2.57. The van der Waals surface area contributed by atoms with Crippen molar-refractivity contribution in [3.05, 3.63) is 29.8 Å². The van der Waals surface area contributed by atoms with Crippen LogP contribution in [0.15, 0.2) is 24.3 Å². The van der Waals surface area contributed by atoms with E-state index in [4.69, 9.17) is 11.2 Å². The molecule has 1 aromatic rings. The molecular weight excluding hydrogens is 226 g/mol. The summed E-state index contributed by atoms with van der Waals surface area (Å²) < 4.78 is 5.48. The Morgan fingerprint density at radius 1 is 1.56 bits per heavy atom. The third kappa shape index (κ3) is 3.61. The van der Waals surface area contributed by atoms with Gasteiger partial charge in [-0.1, -0.05) is 12.0 Å². The molecule has 1 atom stereocenters. The lowest BCUT2D eigenvalue weighted by molar-refractivity contribution is -0.116. The molecule has 0 aliphatic carbocycles. The van der Waals surface area contributed by atoms with Crippen LogP contribution in [0.5, 0.6) is 0 Å². The molecule has 3 heteroatoms. The molecule has 1 aromatic carbocycles. The van der Waals surface area contributed by atoms with Gasteiger partial charge in [0.25, 0.3) is 0 Å². The minimum Gasteiger partial charge on any atom is -0.378 e. The fourth-order valence-corrected chi connectivity index (χ4v) is 2.07. The molecule has 0 aromatic heterocycles. The van der Waals surface area contributed by atoms with Crippen LogP contribution in [-0.4, -0.2) is 18.6 Å². The van der Waals surface area contributed by atoms with E-state index in [1.54, 1.807) is 6.07 Å². The maximum absolute atomic E-state index is 11.8. The van der Waals surface area contributed by atoms with Gasteiger partial charge in [0.1, 0.15) is 0 Å². The molecule has 2 rings (SSSR count). The summed E-state index contributed by atoms with van der Waals surface area (Å²) >= 11 is 0. The third-order valence-corrected chi connectivity index (χ3v) is 3.03. The second kappa shape index (κ2) is 6.23. The zero-order chi connectivity index (χ0) is 12.8. The second-order valence-electron chi connectivity index (χ2n) is 4.45. The first-order valence-electron chi connectivity index (χ1n) is 6.26. The van der Waals surface area contributed by atoms with Gasteiger partial charge >= 0.3 is 0 Å². The normalized spacial score (nSPS) is 18.3. The molecule has 1 fully saturated rings. The van der Waals surface area contributed by atoms with Gasteiger partial charge in [-0.05, 0) is 37.5 Å². The molecule has 0 spiro atoms. The maximum atomic E-state index is 11.8. The van der Waals surface area contributed by atoms with Crippen molar-refractivity contribution in [2.75, 3.05) is 11.9 Å². The van der Waals surface area contributed by atoms with E-state index >= 15 is 0 Å². The van der Waals surface area contributed by atoms with Crippen molar-refractivity contribution in [2.45, 2.75) is 31.8 Å². The highest BCUT2D eigenvalue weighted by molar-refractivity contribution is 5.90. The number of benzene rings is 1. The molecule has 1 heterocycles. The van der Waals surface area contributed by atoms with Crippen LogP contribution >= 0.6 is 0 Å². The zero-order valence-corrected chi connectivity index (χ0v) is 10.3. The van der Waals surface area contributed by atoms with Crippen molar-refractivity contribution >= 4 is 11.6 Å². The van der Waals surface area contributed by atoms with Gasteiger partial charge in [-0.2, -0.15) is 0 Å². The average Bonchev–Trinajstić information content (AvgIpc) is 2.90. The lowest BCUT2D eigenvalue weighted by atomic mass is 10.1. The van der Waals surface area contributed by atoms with Crippen LogP contribution in [0.3, 0.4) is 0 Å².